The molecule has 1 heterocycles. The fourth-order valence-corrected chi connectivity index (χ4v) is 2.76. The van der Waals surface area contributed by atoms with E-state index in [4.69, 9.17) is 0 Å². The number of amides is 2. The van der Waals surface area contributed by atoms with E-state index in [2.05, 4.69) is 30.5 Å². The molecule has 5 nitrogen and oxygen atoms in total. The smallest absolute Gasteiger partial charge is 0.317 e. The van der Waals surface area contributed by atoms with Gasteiger partial charge in [-0.05, 0) is 44.9 Å². The maximum atomic E-state index is 12.2. The summed E-state index contributed by atoms with van der Waals surface area (Å²) in [7, 11) is 0. The summed E-state index contributed by atoms with van der Waals surface area (Å²) in [6.45, 7) is 7.86. The first-order chi connectivity index (χ1) is 10.5. The Kier molecular flexibility index (Phi) is 5.66. The average molecular weight is 305 g/mol. The Bertz CT molecular complexity index is 502. The summed E-state index contributed by atoms with van der Waals surface area (Å²) in [4.78, 5) is 14.0. The van der Waals surface area contributed by atoms with Crippen molar-refractivity contribution >= 4 is 11.7 Å². The van der Waals surface area contributed by atoms with E-state index in [0.29, 0.717) is 19.1 Å². The Morgan fingerprint density at radius 3 is 2.82 bits per heavy atom. The van der Waals surface area contributed by atoms with Crippen molar-refractivity contribution in [2.75, 3.05) is 18.4 Å². The number of likely N-dealkylation sites (tertiary alicyclic amines) is 1. The molecule has 0 aliphatic carbocycles. The molecular weight excluding hydrogens is 278 g/mol. The Morgan fingerprint density at radius 2 is 2.18 bits per heavy atom. The van der Waals surface area contributed by atoms with Crippen molar-refractivity contribution in [3.63, 3.8) is 0 Å². The van der Waals surface area contributed by atoms with E-state index in [-0.39, 0.29) is 18.1 Å². The molecule has 1 aromatic rings. The number of aliphatic hydroxyl groups is 1. The highest BCUT2D eigenvalue weighted by atomic mass is 16.3. The number of nitrogens with zero attached hydrogens (tertiary/aromatic N) is 1. The first kappa shape index (κ1) is 16.6. The highest BCUT2D eigenvalue weighted by Gasteiger charge is 2.28. The molecule has 1 saturated heterocycles. The summed E-state index contributed by atoms with van der Waals surface area (Å²) in [5.74, 6) is 0.198. The van der Waals surface area contributed by atoms with E-state index in [0.717, 1.165) is 24.2 Å². The van der Waals surface area contributed by atoms with Crippen LogP contribution in [0.5, 0.6) is 0 Å². The lowest BCUT2D eigenvalue weighted by molar-refractivity contribution is 0.129. The normalized spacial score (nSPS) is 19.3. The van der Waals surface area contributed by atoms with Gasteiger partial charge in [0, 0.05) is 37.3 Å². The zero-order chi connectivity index (χ0) is 16.1. The van der Waals surface area contributed by atoms with Gasteiger partial charge in [-0.1, -0.05) is 12.1 Å². The molecule has 2 amide bonds. The molecule has 0 spiro atoms. The van der Waals surface area contributed by atoms with Gasteiger partial charge in [0.05, 0.1) is 6.10 Å². The molecule has 3 N–H and O–H groups in total. The van der Waals surface area contributed by atoms with E-state index >= 15 is 0 Å². The molecule has 1 fully saturated rings. The minimum atomic E-state index is -0.350. The Hall–Kier alpha value is -1.75. The summed E-state index contributed by atoms with van der Waals surface area (Å²) >= 11 is 0. The number of nitrogens with one attached hydrogen (secondary N) is 2. The van der Waals surface area contributed by atoms with E-state index in [1.165, 1.54) is 0 Å². The number of urea groups is 1. The van der Waals surface area contributed by atoms with Crippen LogP contribution in [-0.4, -0.2) is 41.3 Å². The molecule has 0 aromatic heterocycles. The van der Waals surface area contributed by atoms with Gasteiger partial charge >= 0.3 is 6.03 Å². The molecule has 22 heavy (non-hydrogen) atoms. The molecule has 0 unspecified atom stereocenters. The second-order valence-corrected chi connectivity index (χ2v) is 6.39. The van der Waals surface area contributed by atoms with Gasteiger partial charge in [0.25, 0.3) is 0 Å². The van der Waals surface area contributed by atoms with Crippen molar-refractivity contribution in [3.05, 3.63) is 29.8 Å². The summed E-state index contributed by atoms with van der Waals surface area (Å²) in [5.41, 5.74) is 2.14. The molecule has 0 radical (unpaired) electrons. The molecule has 1 aromatic carbocycles. The quantitative estimate of drug-likeness (QED) is 0.783. The molecule has 0 bridgehead atoms. The highest BCUT2D eigenvalue weighted by molar-refractivity contribution is 5.74. The third-order valence-electron chi connectivity index (χ3n) is 4.02. The number of anilines is 1. The third-order valence-corrected chi connectivity index (χ3v) is 4.02. The average Bonchev–Trinajstić information content (AvgIpc) is 2.94. The minimum absolute atomic E-state index is 0.0506. The van der Waals surface area contributed by atoms with Crippen molar-refractivity contribution < 1.29 is 9.90 Å². The van der Waals surface area contributed by atoms with Gasteiger partial charge < -0.3 is 20.6 Å². The van der Waals surface area contributed by atoms with Crippen LogP contribution in [0.2, 0.25) is 0 Å². The Labute approximate surface area is 132 Å². The van der Waals surface area contributed by atoms with Crippen molar-refractivity contribution in [1.82, 2.24) is 10.2 Å². The van der Waals surface area contributed by atoms with Gasteiger partial charge in [0.2, 0.25) is 0 Å². The highest BCUT2D eigenvalue weighted by Crippen LogP contribution is 2.19. The fourth-order valence-electron chi connectivity index (χ4n) is 2.76. The molecule has 1 aliphatic rings. The van der Waals surface area contributed by atoms with E-state index in [1.54, 1.807) is 11.8 Å². The second kappa shape index (κ2) is 7.49. The second-order valence-electron chi connectivity index (χ2n) is 6.39. The SMILES string of the molecule is CC(C)Nc1cccc(CNC(=O)N2CC[C@H]([C@@H](C)O)C2)c1. The maximum absolute atomic E-state index is 12.2. The topological polar surface area (TPSA) is 64.6 Å². The number of hydrogen-bond acceptors (Lipinski definition) is 3. The molecule has 0 saturated carbocycles. The van der Waals surface area contributed by atoms with Crippen LogP contribution in [0.25, 0.3) is 0 Å². The number of carbonyl (C=O) groups excluding carboxylic acids is 1. The summed E-state index contributed by atoms with van der Waals surface area (Å²) in [6, 6.07) is 8.42. The Morgan fingerprint density at radius 1 is 1.41 bits per heavy atom. The van der Waals surface area contributed by atoms with Gasteiger partial charge in [-0.25, -0.2) is 4.79 Å². The van der Waals surface area contributed by atoms with Crippen LogP contribution in [0.1, 0.15) is 32.8 Å². The molecule has 2 atom stereocenters. The predicted molar refractivity (Wildman–Crippen MR) is 88.8 cm³/mol. The lowest BCUT2D eigenvalue weighted by Crippen LogP contribution is -2.38. The van der Waals surface area contributed by atoms with Gasteiger partial charge in [-0.2, -0.15) is 0 Å². The zero-order valence-corrected chi connectivity index (χ0v) is 13.7. The van der Waals surface area contributed by atoms with Crippen molar-refractivity contribution in [2.24, 2.45) is 5.92 Å². The lowest BCUT2D eigenvalue weighted by atomic mass is 10.0. The van der Waals surface area contributed by atoms with Crippen LogP contribution in [0.3, 0.4) is 0 Å². The first-order valence-electron chi connectivity index (χ1n) is 8.02. The monoisotopic (exact) mass is 305 g/mol. The zero-order valence-electron chi connectivity index (χ0n) is 13.7. The van der Waals surface area contributed by atoms with Crippen molar-refractivity contribution in [3.8, 4) is 0 Å². The van der Waals surface area contributed by atoms with Crippen LogP contribution < -0.4 is 10.6 Å². The first-order valence-corrected chi connectivity index (χ1v) is 8.02. The van der Waals surface area contributed by atoms with Gasteiger partial charge in [0.15, 0.2) is 0 Å². The largest absolute Gasteiger partial charge is 0.393 e. The summed E-state index contributed by atoms with van der Waals surface area (Å²) < 4.78 is 0. The van der Waals surface area contributed by atoms with Crippen LogP contribution in [0.15, 0.2) is 24.3 Å². The molecule has 1 aliphatic heterocycles. The van der Waals surface area contributed by atoms with Crippen molar-refractivity contribution in [1.29, 1.82) is 0 Å². The number of carbonyl (C=O) groups is 1. The summed E-state index contributed by atoms with van der Waals surface area (Å²) in [5, 5.41) is 15.9. The number of rotatable bonds is 5. The van der Waals surface area contributed by atoms with Crippen LogP contribution in [0, 0.1) is 5.92 Å². The van der Waals surface area contributed by atoms with Crippen molar-refractivity contribution in [2.45, 2.75) is 45.9 Å². The molecule has 2 rings (SSSR count). The van der Waals surface area contributed by atoms with E-state index < -0.39 is 0 Å². The van der Waals surface area contributed by atoms with Gasteiger partial charge in [0.1, 0.15) is 0 Å². The molecule has 122 valence electrons. The predicted octanol–water partition coefficient (Wildman–Crippen LogP) is 2.42. The van der Waals surface area contributed by atoms with Crippen LogP contribution in [-0.2, 0) is 6.54 Å². The number of aliphatic hydroxyl groups excluding tert-OH is 1. The molecular formula is C17H27N3O2. The van der Waals surface area contributed by atoms with Crippen LogP contribution in [0.4, 0.5) is 10.5 Å². The van der Waals surface area contributed by atoms with E-state index in [1.807, 2.05) is 18.2 Å². The van der Waals surface area contributed by atoms with E-state index in [9.17, 15) is 9.90 Å². The Balaban J connectivity index is 1.84. The van der Waals surface area contributed by atoms with Crippen LogP contribution >= 0.6 is 0 Å². The standard InChI is InChI=1S/C17H27N3O2/c1-12(2)19-16-6-4-5-14(9-16)10-18-17(22)20-8-7-15(11-20)13(3)21/h4-6,9,12-13,15,19,21H,7-8,10-11H2,1-3H3,(H,18,22)/t13-,15+/m1/s1. The lowest BCUT2D eigenvalue weighted by Gasteiger charge is -2.18. The maximum Gasteiger partial charge on any atom is 0.317 e. The number of benzene rings is 1. The number of hydrogen-bond donors (Lipinski definition) is 3. The fraction of sp³-hybridized carbons (Fsp3) is 0.588. The van der Waals surface area contributed by atoms with Gasteiger partial charge in [-0.15, -0.1) is 0 Å². The minimum Gasteiger partial charge on any atom is -0.393 e. The molecule has 5 heteroatoms. The summed E-state index contributed by atoms with van der Waals surface area (Å²) in [6.07, 6.45) is 0.524. The van der Waals surface area contributed by atoms with Gasteiger partial charge in [-0.3, -0.25) is 0 Å². The third kappa shape index (κ3) is 4.63.